The van der Waals surface area contributed by atoms with Crippen LogP contribution in [-0.4, -0.2) is 34.5 Å². The van der Waals surface area contributed by atoms with E-state index in [9.17, 15) is 13.6 Å². The van der Waals surface area contributed by atoms with Crippen molar-refractivity contribution in [1.82, 2.24) is 20.2 Å². The summed E-state index contributed by atoms with van der Waals surface area (Å²) < 4.78 is 26.6. The van der Waals surface area contributed by atoms with E-state index >= 15 is 0 Å². The van der Waals surface area contributed by atoms with Crippen molar-refractivity contribution in [2.24, 2.45) is 4.99 Å². The Morgan fingerprint density at radius 1 is 1.41 bits per heavy atom. The minimum atomic E-state index is -2.65. The number of para-hydroxylation sites is 1. The summed E-state index contributed by atoms with van der Waals surface area (Å²) in [5.41, 5.74) is 1.88. The molecular weight excluding hydrogens is 354 g/mol. The summed E-state index contributed by atoms with van der Waals surface area (Å²) in [4.78, 5) is 20.2. The molecule has 3 rings (SSSR count). The third kappa shape index (κ3) is 4.60. The topological polar surface area (TPSA) is 83.3 Å². The largest absolute Gasteiger partial charge is 0.357 e. The van der Waals surface area contributed by atoms with Crippen LogP contribution in [0.4, 0.5) is 14.5 Å². The highest BCUT2D eigenvalue weighted by atomic mass is 19.3. The van der Waals surface area contributed by atoms with Crippen molar-refractivity contribution in [1.29, 1.82) is 0 Å². The van der Waals surface area contributed by atoms with Crippen LogP contribution in [0.5, 0.6) is 0 Å². The van der Waals surface area contributed by atoms with Gasteiger partial charge < -0.3 is 16.0 Å². The third-order valence-corrected chi connectivity index (χ3v) is 4.30. The number of carbonyl (C=O) groups excluding carboxylic acids is 1. The Hall–Kier alpha value is -2.97. The number of anilines is 1. The fraction of sp³-hybridized carbons (Fsp3) is 0.389. The average Bonchev–Trinajstić information content (AvgIpc) is 3.12. The van der Waals surface area contributed by atoms with E-state index in [0.29, 0.717) is 25.5 Å². The Morgan fingerprint density at radius 3 is 3.00 bits per heavy atom. The first-order valence-corrected chi connectivity index (χ1v) is 8.79. The Balaban J connectivity index is 1.68. The van der Waals surface area contributed by atoms with Gasteiger partial charge in [-0.2, -0.15) is 8.78 Å². The Kier molecular flexibility index (Phi) is 6.00. The molecule has 1 aromatic carbocycles. The fourth-order valence-corrected chi connectivity index (χ4v) is 3.04. The van der Waals surface area contributed by atoms with Crippen molar-refractivity contribution < 1.29 is 13.6 Å². The summed E-state index contributed by atoms with van der Waals surface area (Å²) in [6.07, 6.45) is 2.93. The Morgan fingerprint density at radius 2 is 2.22 bits per heavy atom. The molecule has 9 heteroatoms. The molecular formula is C18H22F2N6O. The Bertz CT molecular complexity index is 820. The monoisotopic (exact) mass is 376 g/mol. The van der Waals surface area contributed by atoms with Gasteiger partial charge in [0, 0.05) is 43.5 Å². The number of rotatable bonds is 6. The Labute approximate surface area is 155 Å². The predicted molar refractivity (Wildman–Crippen MR) is 98.7 cm³/mol. The first kappa shape index (κ1) is 18.8. The summed E-state index contributed by atoms with van der Waals surface area (Å²) in [5.74, 6) is 0.651. The fourth-order valence-electron chi connectivity index (χ4n) is 3.04. The quantitative estimate of drug-likeness (QED) is 0.534. The molecule has 27 heavy (non-hydrogen) atoms. The second-order valence-electron chi connectivity index (χ2n) is 6.14. The van der Waals surface area contributed by atoms with E-state index in [1.807, 2.05) is 31.2 Å². The van der Waals surface area contributed by atoms with Gasteiger partial charge >= 0.3 is 6.55 Å². The van der Waals surface area contributed by atoms with Gasteiger partial charge in [-0.25, -0.2) is 9.98 Å². The number of carbonyl (C=O) groups is 1. The van der Waals surface area contributed by atoms with Crippen molar-refractivity contribution in [3.63, 3.8) is 0 Å². The zero-order valence-electron chi connectivity index (χ0n) is 15.0. The lowest BCUT2D eigenvalue weighted by Gasteiger charge is -2.26. The number of nitrogens with zero attached hydrogens (tertiary/aromatic N) is 3. The SMILES string of the molecule is CCNC(=NCc1nccn1C(F)F)NCC1CC(=O)Nc2ccccc21. The number of guanidine groups is 1. The van der Waals surface area contributed by atoms with Gasteiger partial charge in [-0.05, 0) is 18.6 Å². The molecule has 144 valence electrons. The molecule has 1 aliphatic heterocycles. The molecule has 1 aliphatic rings. The van der Waals surface area contributed by atoms with Gasteiger partial charge in [-0.15, -0.1) is 0 Å². The maximum absolute atomic E-state index is 12.9. The summed E-state index contributed by atoms with van der Waals surface area (Å²) >= 11 is 0. The number of hydrogen-bond acceptors (Lipinski definition) is 3. The van der Waals surface area contributed by atoms with Gasteiger partial charge in [-0.3, -0.25) is 9.36 Å². The van der Waals surface area contributed by atoms with Crippen LogP contribution in [-0.2, 0) is 11.3 Å². The number of benzene rings is 1. The third-order valence-electron chi connectivity index (χ3n) is 4.30. The highest BCUT2D eigenvalue weighted by molar-refractivity contribution is 5.94. The van der Waals surface area contributed by atoms with E-state index < -0.39 is 6.55 Å². The normalized spacial score (nSPS) is 16.8. The second kappa shape index (κ2) is 8.61. The number of aliphatic imine (C=N–C) groups is 1. The van der Waals surface area contributed by atoms with Crippen molar-refractivity contribution in [3.05, 3.63) is 48.0 Å². The van der Waals surface area contributed by atoms with Crippen molar-refractivity contribution in [2.75, 3.05) is 18.4 Å². The molecule has 1 amide bonds. The molecule has 0 fully saturated rings. The molecule has 0 aliphatic carbocycles. The molecule has 0 saturated heterocycles. The maximum atomic E-state index is 12.9. The first-order valence-electron chi connectivity index (χ1n) is 8.79. The van der Waals surface area contributed by atoms with Gasteiger partial charge in [0.05, 0.1) is 0 Å². The van der Waals surface area contributed by atoms with E-state index in [0.717, 1.165) is 15.8 Å². The van der Waals surface area contributed by atoms with E-state index in [1.54, 1.807) is 0 Å². The number of alkyl halides is 2. The summed E-state index contributed by atoms with van der Waals surface area (Å²) in [5, 5.41) is 9.15. The van der Waals surface area contributed by atoms with Crippen molar-refractivity contribution in [2.45, 2.75) is 32.4 Å². The predicted octanol–water partition coefficient (Wildman–Crippen LogP) is 2.46. The van der Waals surface area contributed by atoms with Crippen LogP contribution in [0, 0.1) is 0 Å². The number of imidazole rings is 1. The van der Waals surface area contributed by atoms with Crippen LogP contribution in [0.1, 0.15) is 37.2 Å². The van der Waals surface area contributed by atoms with E-state index in [4.69, 9.17) is 0 Å². The molecule has 1 unspecified atom stereocenters. The second-order valence-corrected chi connectivity index (χ2v) is 6.14. The zero-order valence-corrected chi connectivity index (χ0v) is 15.0. The number of halogens is 2. The lowest BCUT2D eigenvalue weighted by molar-refractivity contribution is -0.116. The zero-order chi connectivity index (χ0) is 19.2. The first-order chi connectivity index (χ1) is 13.1. The number of fused-ring (bicyclic) bond motifs is 1. The average molecular weight is 376 g/mol. The summed E-state index contributed by atoms with van der Waals surface area (Å²) in [7, 11) is 0. The lowest BCUT2D eigenvalue weighted by Crippen LogP contribution is -2.40. The highest BCUT2D eigenvalue weighted by Crippen LogP contribution is 2.31. The maximum Gasteiger partial charge on any atom is 0.319 e. The van der Waals surface area contributed by atoms with Gasteiger partial charge in [0.1, 0.15) is 12.4 Å². The molecule has 2 heterocycles. The molecule has 1 aromatic heterocycles. The minimum absolute atomic E-state index is 0.00172. The standard InChI is InChI=1S/C18H22F2N6O/c1-2-21-18(24-11-15-22-7-8-26(15)17(19)20)23-10-12-9-16(27)25-14-6-4-3-5-13(12)14/h3-8,12,17H,2,9-11H2,1H3,(H,25,27)(H2,21,23,24). The number of amides is 1. The molecule has 0 saturated carbocycles. The molecule has 1 atom stereocenters. The molecule has 3 N–H and O–H groups in total. The number of nitrogens with one attached hydrogen (secondary N) is 3. The van der Waals surface area contributed by atoms with Crippen molar-refractivity contribution >= 4 is 17.6 Å². The van der Waals surface area contributed by atoms with Crippen LogP contribution in [0.15, 0.2) is 41.7 Å². The smallest absolute Gasteiger partial charge is 0.319 e. The molecule has 0 radical (unpaired) electrons. The molecule has 0 spiro atoms. The molecule has 2 aromatic rings. The van der Waals surface area contributed by atoms with Crippen molar-refractivity contribution in [3.8, 4) is 0 Å². The van der Waals surface area contributed by atoms with Gasteiger partial charge in [0.25, 0.3) is 0 Å². The van der Waals surface area contributed by atoms with Crippen LogP contribution >= 0.6 is 0 Å². The molecule has 7 nitrogen and oxygen atoms in total. The van der Waals surface area contributed by atoms with E-state index in [2.05, 4.69) is 25.9 Å². The molecule has 0 bridgehead atoms. The van der Waals surface area contributed by atoms with Gasteiger partial charge in [0.2, 0.25) is 5.91 Å². The summed E-state index contributed by atoms with van der Waals surface area (Å²) in [6.45, 7) is 0.413. The van der Waals surface area contributed by atoms with Crippen LogP contribution < -0.4 is 16.0 Å². The minimum Gasteiger partial charge on any atom is -0.357 e. The number of aromatic nitrogens is 2. The van der Waals surface area contributed by atoms with Gasteiger partial charge in [0.15, 0.2) is 5.96 Å². The van der Waals surface area contributed by atoms with Crippen LogP contribution in [0.2, 0.25) is 0 Å². The number of hydrogen-bond donors (Lipinski definition) is 3. The van der Waals surface area contributed by atoms with E-state index in [-0.39, 0.29) is 24.2 Å². The van der Waals surface area contributed by atoms with E-state index in [1.165, 1.54) is 12.4 Å². The summed E-state index contributed by atoms with van der Waals surface area (Å²) in [6, 6.07) is 7.69. The van der Waals surface area contributed by atoms with Crippen LogP contribution in [0.3, 0.4) is 0 Å². The highest BCUT2D eigenvalue weighted by Gasteiger charge is 2.24. The van der Waals surface area contributed by atoms with Crippen LogP contribution in [0.25, 0.3) is 0 Å². The van der Waals surface area contributed by atoms with Gasteiger partial charge in [-0.1, -0.05) is 18.2 Å². The lowest BCUT2D eigenvalue weighted by atomic mass is 9.90.